The van der Waals surface area contributed by atoms with Crippen LogP contribution >= 0.6 is 0 Å². The lowest BCUT2D eigenvalue weighted by Crippen LogP contribution is -2.70. The van der Waals surface area contributed by atoms with Gasteiger partial charge in [0.1, 0.15) is 0 Å². The quantitative estimate of drug-likeness (QED) is 0.556. The standard InChI is InChI=1S/C8H15N3O/c1-9-2-3-11-5-6-4-7(10-6)8(11)12/h6-7,9-10H,2-5H2,1H3. The van der Waals surface area contributed by atoms with E-state index in [-0.39, 0.29) is 11.9 Å². The number of carbonyl (C=O) groups is 1. The first-order chi connectivity index (χ1) is 5.81. The van der Waals surface area contributed by atoms with E-state index in [9.17, 15) is 4.79 Å². The number of piperazine rings is 1. The topological polar surface area (TPSA) is 44.4 Å². The van der Waals surface area contributed by atoms with Gasteiger partial charge < -0.3 is 15.5 Å². The number of carbonyl (C=O) groups excluding carboxylic acids is 1. The fourth-order valence-corrected chi connectivity index (χ4v) is 1.87. The maximum absolute atomic E-state index is 11.5. The molecule has 4 nitrogen and oxygen atoms in total. The number of amides is 1. The molecule has 3 rings (SSSR count). The van der Waals surface area contributed by atoms with Gasteiger partial charge >= 0.3 is 0 Å². The van der Waals surface area contributed by atoms with E-state index >= 15 is 0 Å². The number of hydrogen-bond acceptors (Lipinski definition) is 3. The fourth-order valence-electron chi connectivity index (χ4n) is 1.87. The molecule has 0 saturated carbocycles. The lowest BCUT2D eigenvalue weighted by Gasteiger charge is -2.47. The molecular weight excluding hydrogens is 154 g/mol. The predicted molar refractivity (Wildman–Crippen MR) is 45.8 cm³/mol. The highest BCUT2D eigenvalue weighted by Gasteiger charge is 2.42. The van der Waals surface area contributed by atoms with Gasteiger partial charge in [-0.3, -0.25) is 4.79 Å². The Morgan fingerprint density at radius 3 is 3.08 bits per heavy atom. The van der Waals surface area contributed by atoms with Crippen LogP contribution < -0.4 is 10.6 Å². The number of hydrogen-bond donors (Lipinski definition) is 2. The Labute approximate surface area is 72.3 Å². The molecule has 0 aromatic carbocycles. The predicted octanol–water partition coefficient (Wildman–Crippen LogP) is -1.22. The molecule has 2 atom stereocenters. The van der Waals surface area contributed by atoms with Crippen molar-refractivity contribution in [2.75, 3.05) is 26.7 Å². The first-order valence-electron chi connectivity index (χ1n) is 4.50. The summed E-state index contributed by atoms with van der Waals surface area (Å²) < 4.78 is 0. The van der Waals surface area contributed by atoms with Crippen LogP contribution in [0.2, 0.25) is 0 Å². The Hall–Kier alpha value is -0.610. The molecule has 0 aromatic heterocycles. The number of likely N-dealkylation sites (N-methyl/N-ethyl adjacent to an activating group) is 1. The van der Waals surface area contributed by atoms with Crippen molar-refractivity contribution < 1.29 is 4.79 Å². The maximum Gasteiger partial charge on any atom is 0.239 e. The van der Waals surface area contributed by atoms with Crippen molar-refractivity contribution >= 4 is 5.91 Å². The smallest absolute Gasteiger partial charge is 0.239 e. The van der Waals surface area contributed by atoms with Crippen LogP contribution in [0.3, 0.4) is 0 Å². The normalized spacial score (nSPS) is 33.4. The highest BCUT2D eigenvalue weighted by molar-refractivity contribution is 5.84. The van der Waals surface area contributed by atoms with Gasteiger partial charge in [-0.05, 0) is 13.5 Å². The average molecular weight is 169 g/mol. The van der Waals surface area contributed by atoms with E-state index in [4.69, 9.17) is 0 Å². The summed E-state index contributed by atoms with van der Waals surface area (Å²) in [5, 5.41) is 6.27. The minimum absolute atomic E-state index is 0.139. The van der Waals surface area contributed by atoms with E-state index in [0.29, 0.717) is 6.04 Å². The summed E-state index contributed by atoms with van der Waals surface area (Å²) in [5.41, 5.74) is 0. The molecule has 0 aromatic rings. The van der Waals surface area contributed by atoms with Crippen molar-refractivity contribution in [3.63, 3.8) is 0 Å². The molecule has 68 valence electrons. The lowest BCUT2D eigenvalue weighted by atomic mass is 9.90. The summed E-state index contributed by atoms with van der Waals surface area (Å²) in [6.07, 6.45) is 1.05. The largest absolute Gasteiger partial charge is 0.339 e. The monoisotopic (exact) mass is 169 g/mol. The fraction of sp³-hybridized carbons (Fsp3) is 0.875. The van der Waals surface area contributed by atoms with Crippen LogP contribution in [0, 0.1) is 0 Å². The van der Waals surface area contributed by atoms with Crippen molar-refractivity contribution in [3.05, 3.63) is 0 Å². The van der Waals surface area contributed by atoms with E-state index in [2.05, 4.69) is 10.6 Å². The third-order valence-corrected chi connectivity index (χ3v) is 2.64. The molecule has 12 heavy (non-hydrogen) atoms. The number of nitrogens with one attached hydrogen (secondary N) is 2. The minimum Gasteiger partial charge on any atom is -0.339 e. The average Bonchev–Trinajstić information content (AvgIpc) is 2.00. The van der Waals surface area contributed by atoms with Gasteiger partial charge in [0.15, 0.2) is 0 Å². The zero-order chi connectivity index (χ0) is 8.55. The summed E-state index contributed by atoms with van der Waals surface area (Å²) in [6.45, 7) is 2.65. The number of fused-ring (bicyclic) bond motifs is 2. The van der Waals surface area contributed by atoms with Gasteiger partial charge in [-0.15, -0.1) is 0 Å². The summed E-state index contributed by atoms with van der Waals surface area (Å²) in [5.74, 6) is 0.285. The molecule has 3 heterocycles. The zero-order valence-electron chi connectivity index (χ0n) is 7.34. The summed E-state index contributed by atoms with van der Waals surface area (Å²) in [4.78, 5) is 13.5. The van der Waals surface area contributed by atoms with Gasteiger partial charge in [-0.25, -0.2) is 0 Å². The highest BCUT2D eigenvalue weighted by Crippen LogP contribution is 2.21. The molecule has 2 bridgehead atoms. The first-order valence-corrected chi connectivity index (χ1v) is 4.50. The van der Waals surface area contributed by atoms with Crippen molar-refractivity contribution in [3.8, 4) is 0 Å². The highest BCUT2D eigenvalue weighted by atomic mass is 16.2. The van der Waals surface area contributed by atoms with E-state index in [1.165, 1.54) is 0 Å². The van der Waals surface area contributed by atoms with Crippen LogP contribution in [-0.4, -0.2) is 49.6 Å². The van der Waals surface area contributed by atoms with Crippen LogP contribution in [-0.2, 0) is 4.79 Å². The van der Waals surface area contributed by atoms with Gasteiger partial charge in [0.25, 0.3) is 0 Å². The molecule has 2 unspecified atom stereocenters. The van der Waals surface area contributed by atoms with Crippen molar-refractivity contribution in [2.45, 2.75) is 18.5 Å². The van der Waals surface area contributed by atoms with Crippen molar-refractivity contribution in [1.29, 1.82) is 0 Å². The van der Waals surface area contributed by atoms with Crippen LogP contribution in [0.4, 0.5) is 0 Å². The Bertz CT molecular complexity index is 189. The zero-order valence-corrected chi connectivity index (χ0v) is 7.34. The molecule has 0 aliphatic carbocycles. The van der Waals surface area contributed by atoms with Gasteiger partial charge in [0.05, 0.1) is 6.04 Å². The molecule has 3 aliphatic rings. The molecule has 0 radical (unpaired) electrons. The molecule has 4 heteroatoms. The maximum atomic E-state index is 11.5. The third-order valence-electron chi connectivity index (χ3n) is 2.64. The third kappa shape index (κ3) is 1.21. The van der Waals surface area contributed by atoms with E-state index in [1.54, 1.807) is 0 Å². The SMILES string of the molecule is CNCCN1CC2CC(N2)C1=O. The Kier molecular flexibility index (Phi) is 2.02. The summed E-state index contributed by atoms with van der Waals surface area (Å²) >= 11 is 0. The van der Waals surface area contributed by atoms with Gasteiger partial charge in [-0.1, -0.05) is 0 Å². The molecule has 1 amide bonds. The minimum atomic E-state index is 0.139. The lowest BCUT2D eigenvalue weighted by molar-refractivity contribution is -0.142. The molecule has 0 spiro atoms. The molecular formula is C8H15N3O. The summed E-state index contributed by atoms with van der Waals surface area (Å²) in [7, 11) is 1.91. The molecule has 3 saturated heterocycles. The second-order valence-electron chi connectivity index (χ2n) is 3.54. The Balaban J connectivity index is 1.86. The van der Waals surface area contributed by atoms with Crippen molar-refractivity contribution in [2.24, 2.45) is 0 Å². The van der Waals surface area contributed by atoms with E-state index in [0.717, 1.165) is 26.1 Å². The number of piperidine rings is 1. The molecule has 2 N–H and O–H groups in total. The van der Waals surface area contributed by atoms with Crippen LogP contribution in [0.15, 0.2) is 0 Å². The van der Waals surface area contributed by atoms with Crippen LogP contribution in [0.25, 0.3) is 0 Å². The van der Waals surface area contributed by atoms with Crippen LogP contribution in [0.5, 0.6) is 0 Å². The van der Waals surface area contributed by atoms with Gasteiger partial charge in [0.2, 0.25) is 5.91 Å². The molecule has 3 fully saturated rings. The summed E-state index contributed by atoms with van der Waals surface area (Å²) in [6, 6.07) is 0.713. The second-order valence-corrected chi connectivity index (χ2v) is 3.54. The Morgan fingerprint density at radius 1 is 1.75 bits per heavy atom. The second kappa shape index (κ2) is 3.03. The number of nitrogens with zero attached hydrogens (tertiary/aromatic N) is 1. The van der Waals surface area contributed by atoms with E-state index < -0.39 is 0 Å². The van der Waals surface area contributed by atoms with Crippen molar-refractivity contribution in [1.82, 2.24) is 15.5 Å². The van der Waals surface area contributed by atoms with Gasteiger partial charge in [-0.2, -0.15) is 0 Å². The van der Waals surface area contributed by atoms with E-state index in [1.807, 2.05) is 11.9 Å². The Morgan fingerprint density at radius 2 is 2.50 bits per heavy atom. The molecule has 3 aliphatic heterocycles. The first kappa shape index (κ1) is 8.01. The van der Waals surface area contributed by atoms with Crippen LogP contribution in [0.1, 0.15) is 6.42 Å². The number of rotatable bonds is 3. The van der Waals surface area contributed by atoms with Gasteiger partial charge in [0, 0.05) is 25.7 Å².